The molecule has 0 radical (unpaired) electrons. The van der Waals surface area contributed by atoms with Gasteiger partial charge in [-0.25, -0.2) is 4.98 Å². The van der Waals surface area contributed by atoms with E-state index < -0.39 is 0 Å². The minimum atomic E-state index is -0.230. The number of rotatable bonds is 9. The maximum absolute atomic E-state index is 12.0. The van der Waals surface area contributed by atoms with Crippen LogP contribution in [0.1, 0.15) is 23.6 Å². The minimum Gasteiger partial charge on any atom is -0.497 e. The van der Waals surface area contributed by atoms with Gasteiger partial charge in [-0.3, -0.25) is 9.69 Å². The second-order valence-electron chi connectivity index (χ2n) is 7.97. The predicted molar refractivity (Wildman–Crippen MR) is 134 cm³/mol. The molecule has 0 bridgehead atoms. The lowest BCUT2D eigenvalue weighted by Crippen LogP contribution is -2.17. The van der Waals surface area contributed by atoms with Gasteiger partial charge in [0.05, 0.1) is 20.1 Å². The standard InChI is InChI=1S/C27H28N2O3S/c1-4-32-25(30)15-20-14-23-24(18-29(2)17-19-8-6-5-7-9-19)26(33-27(23)28-16-20)21-10-12-22(31-3)13-11-21/h5-14,16H,4,15,17-18H2,1-3H3. The fourth-order valence-corrected chi connectivity index (χ4v) is 5.04. The third-order valence-corrected chi connectivity index (χ3v) is 6.64. The van der Waals surface area contributed by atoms with E-state index in [1.54, 1.807) is 24.6 Å². The number of fused-ring (bicyclic) bond motifs is 1. The van der Waals surface area contributed by atoms with Crippen molar-refractivity contribution in [3.63, 3.8) is 0 Å². The summed E-state index contributed by atoms with van der Waals surface area (Å²) >= 11 is 1.68. The second-order valence-corrected chi connectivity index (χ2v) is 8.97. The first-order valence-electron chi connectivity index (χ1n) is 11.0. The van der Waals surface area contributed by atoms with Crippen LogP contribution in [-0.4, -0.2) is 36.6 Å². The summed E-state index contributed by atoms with van der Waals surface area (Å²) in [5, 5.41) is 1.09. The van der Waals surface area contributed by atoms with Crippen LogP contribution in [0.25, 0.3) is 20.7 Å². The van der Waals surface area contributed by atoms with Gasteiger partial charge in [-0.15, -0.1) is 11.3 Å². The van der Waals surface area contributed by atoms with Crippen LogP contribution in [-0.2, 0) is 29.0 Å². The van der Waals surface area contributed by atoms with Crippen molar-refractivity contribution in [2.45, 2.75) is 26.4 Å². The average Bonchev–Trinajstić information content (AvgIpc) is 3.17. The van der Waals surface area contributed by atoms with Crippen LogP contribution in [0.3, 0.4) is 0 Å². The minimum absolute atomic E-state index is 0.226. The average molecular weight is 461 g/mol. The number of esters is 1. The summed E-state index contributed by atoms with van der Waals surface area (Å²) in [6.45, 7) is 3.81. The Bertz CT molecular complexity index is 1220. The van der Waals surface area contributed by atoms with E-state index in [9.17, 15) is 4.79 Å². The fourth-order valence-electron chi connectivity index (χ4n) is 3.90. The van der Waals surface area contributed by atoms with E-state index in [1.807, 2.05) is 25.1 Å². The summed E-state index contributed by atoms with van der Waals surface area (Å²) in [4.78, 5) is 21.2. The van der Waals surface area contributed by atoms with E-state index in [-0.39, 0.29) is 12.4 Å². The predicted octanol–water partition coefficient (Wildman–Crippen LogP) is 5.71. The van der Waals surface area contributed by atoms with Gasteiger partial charge in [0.2, 0.25) is 0 Å². The molecule has 2 heterocycles. The van der Waals surface area contributed by atoms with E-state index in [0.717, 1.165) is 40.2 Å². The number of aromatic nitrogens is 1. The number of hydrogen-bond acceptors (Lipinski definition) is 6. The van der Waals surface area contributed by atoms with Gasteiger partial charge in [0.15, 0.2) is 0 Å². The molecular weight excluding hydrogens is 432 g/mol. The van der Waals surface area contributed by atoms with Crippen molar-refractivity contribution in [3.05, 3.63) is 83.6 Å². The number of pyridine rings is 1. The molecule has 170 valence electrons. The maximum Gasteiger partial charge on any atom is 0.310 e. The molecule has 2 aromatic heterocycles. The quantitative estimate of drug-likeness (QED) is 0.300. The number of carbonyl (C=O) groups excluding carboxylic acids is 1. The molecule has 0 aliphatic heterocycles. The van der Waals surface area contributed by atoms with Crippen LogP contribution < -0.4 is 4.74 Å². The van der Waals surface area contributed by atoms with Crippen molar-refractivity contribution in [1.82, 2.24) is 9.88 Å². The summed E-state index contributed by atoms with van der Waals surface area (Å²) in [7, 11) is 3.80. The molecule has 33 heavy (non-hydrogen) atoms. The highest BCUT2D eigenvalue weighted by Crippen LogP contribution is 2.39. The molecule has 6 heteroatoms. The van der Waals surface area contributed by atoms with E-state index >= 15 is 0 Å². The van der Waals surface area contributed by atoms with Crippen LogP contribution in [0.5, 0.6) is 5.75 Å². The summed E-state index contributed by atoms with van der Waals surface area (Å²) in [6, 6.07) is 20.7. The highest BCUT2D eigenvalue weighted by atomic mass is 32.1. The number of thiophene rings is 1. The van der Waals surface area contributed by atoms with E-state index in [0.29, 0.717) is 6.61 Å². The van der Waals surface area contributed by atoms with Gasteiger partial charge in [-0.05, 0) is 66.6 Å². The van der Waals surface area contributed by atoms with Gasteiger partial charge >= 0.3 is 5.97 Å². The lowest BCUT2D eigenvalue weighted by molar-refractivity contribution is -0.142. The maximum atomic E-state index is 12.0. The van der Waals surface area contributed by atoms with Crippen molar-refractivity contribution in [2.24, 2.45) is 0 Å². The second kappa shape index (κ2) is 10.6. The van der Waals surface area contributed by atoms with Gasteiger partial charge in [-0.2, -0.15) is 0 Å². The molecule has 0 fully saturated rings. The molecule has 0 unspecified atom stereocenters. The van der Waals surface area contributed by atoms with Gasteiger partial charge < -0.3 is 9.47 Å². The zero-order valence-electron chi connectivity index (χ0n) is 19.2. The molecule has 0 aliphatic carbocycles. The molecular formula is C27H28N2O3S. The van der Waals surface area contributed by atoms with Gasteiger partial charge in [0.1, 0.15) is 10.6 Å². The van der Waals surface area contributed by atoms with Crippen molar-refractivity contribution < 1.29 is 14.3 Å². The molecule has 0 spiro atoms. The lowest BCUT2D eigenvalue weighted by atomic mass is 10.0. The molecule has 0 amide bonds. The highest BCUT2D eigenvalue weighted by Gasteiger charge is 2.18. The Balaban J connectivity index is 1.72. The van der Waals surface area contributed by atoms with E-state index in [1.165, 1.54) is 16.0 Å². The molecule has 0 saturated carbocycles. The van der Waals surface area contributed by atoms with Gasteiger partial charge in [0, 0.05) is 29.5 Å². The highest BCUT2D eigenvalue weighted by molar-refractivity contribution is 7.22. The first kappa shape index (κ1) is 23.0. The molecule has 5 nitrogen and oxygen atoms in total. The first-order chi connectivity index (χ1) is 16.1. The van der Waals surface area contributed by atoms with Crippen LogP contribution in [0, 0.1) is 0 Å². The Labute approximate surface area is 198 Å². The van der Waals surface area contributed by atoms with Crippen LogP contribution >= 0.6 is 11.3 Å². The molecule has 0 atom stereocenters. The van der Waals surface area contributed by atoms with E-state index in [4.69, 9.17) is 14.5 Å². The Kier molecular flexibility index (Phi) is 7.37. The fraction of sp³-hybridized carbons (Fsp3) is 0.259. The Morgan fingerprint density at radius 3 is 2.48 bits per heavy atom. The summed E-state index contributed by atoms with van der Waals surface area (Å²) in [5.41, 5.74) is 4.49. The Hall–Kier alpha value is -3.22. The molecule has 4 rings (SSSR count). The summed E-state index contributed by atoms with van der Waals surface area (Å²) < 4.78 is 10.5. The van der Waals surface area contributed by atoms with Crippen molar-refractivity contribution >= 4 is 27.5 Å². The van der Waals surface area contributed by atoms with Gasteiger partial charge in [0.25, 0.3) is 0 Å². The molecule has 0 saturated heterocycles. The SMILES string of the molecule is CCOC(=O)Cc1cnc2sc(-c3ccc(OC)cc3)c(CN(C)Cc3ccccc3)c2c1. The van der Waals surface area contributed by atoms with Crippen molar-refractivity contribution in [2.75, 3.05) is 20.8 Å². The number of benzene rings is 2. The van der Waals surface area contributed by atoms with Crippen LogP contribution in [0.2, 0.25) is 0 Å². The summed E-state index contributed by atoms with van der Waals surface area (Å²) in [5.74, 6) is 0.601. The number of hydrogen-bond donors (Lipinski definition) is 0. The smallest absolute Gasteiger partial charge is 0.310 e. The Morgan fingerprint density at radius 2 is 1.79 bits per heavy atom. The monoisotopic (exact) mass is 460 g/mol. The third kappa shape index (κ3) is 5.59. The van der Waals surface area contributed by atoms with Gasteiger partial charge in [-0.1, -0.05) is 30.3 Å². The number of methoxy groups -OCH3 is 1. The number of carbonyl (C=O) groups is 1. The van der Waals surface area contributed by atoms with Crippen molar-refractivity contribution in [3.8, 4) is 16.2 Å². The zero-order chi connectivity index (χ0) is 23.2. The molecule has 4 aromatic rings. The topological polar surface area (TPSA) is 51.7 Å². The van der Waals surface area contributed by atoms with Crippen LogP contribution in [0.15, 0.2) is 66.9 Å². The molecule has 0 N–H and O–H groups in total. The van der Waals surface area contributed by atoms with E-state index in [2.05, 4.69) is 54.4 Å². The largest absolute Gasteiger partial charge is 0.497 e. The van der Waals surface area contributed by atoms with Crippen molar-refractivity contribution in [1.29, 1.82) is 0 Å². The Morgan fingerprint density at radius 1 is 1.03 bits per heavy atom. The zero-order valence-corrected chi connectivity index (χ0v) is 20.0. The summed E-state index contributed by atoms with van der Waals surface area (Å²) in [6.07, 6.45) is 2.01. The number of nitrogens with zero attached hydrogens (tertiary/aromatic N) is 2. The third-order valence-electron chi connectivity index (χ3n) is 5.44. The molecule has 0 aliphatic rings. The lowest BCUT2D eigenvalue weighted by Gasteiger charge is -2.18. The first-order valence-corrected chi connectivity index (χ1v) is 11.8. The van der Waals surface area contributed by atoms with Crippen LogP contribution in [0.4, 0.5) is 0 Å². The number of ether oxygens (including phenoxy) is 2. The normalized spacial score (nSPS) is 11.2. The molecule has 2 aromatic carbocycles.